The molecule has 0 bridgehead atoms. The number of hydrogen-bond donors (Lipinski definition) is 3. The summed E-state index contributed by atoms with van der Waals surface area (Å²) >= 11 is 0. The van der Waals surface area contributed by atoms with Gasteiger partial charge in [-0.3, -0.25) is 0 Å². The summed E-state index contributed by atoms with van der Waals surface area (Å²) in [6.45, 7) is 0. The molecule has 94 valence electrons. The zero-order chi connectivity index (χ0) is 11.8. The fourth-order valence-corrected chi connectivity index (χ4v) is 1.83. The number of halogens is 1. The average molecular weight is 279 g/mol. The molecule has 1 heterocycles. The molecule has 2 rings (SSSR count). The van der Waals surface area contributed by atoms with E-state index in [0.29, 0.717) is 5.69 Å². The Morgan fingerprint density at radius 3 is 2.29 bits per heavy atom. The minimum Gasteiger partial charge on any atom is -0.348 e. The number of sulfone groups is 1. The van der Waals surface area contributed by atoms with Gasteiger partial charge in [0.2, 0.25) is 0 Å². The summed E-state index contributed by atoms with van der Waals surface area (Å²) in [6, 6.07) is 6.02. The van der Waals surface area contributed by atoms with Crippen LogP contribution in [0.5, 0.6) is 0 Å². The Labute approximate surface area is 104 Å². The van der Waals surface area contributed by atoms with E-state index in [1.807, 2.05) is 0 Å². The summed E-state index contributed by atoms with van der Waals surface area (Å²) < 4.78 is 22.4. The van der Waals surface area contributed by atoms with Gasteiger partial charge in [-0.15, -0.1) is 12.4 Å². The second-order valence-electron chi connectivity index (χ2n) is 3.24. The van der Waals surface area contributed by atoms with Crippen molar-refractivity contribution in [3.63, 3.8) is 0 Å². The molecule has 1 aromatic rings. The van der Waals surface area contributed by atoms with Gasteiger partial charge in [-0.2, -0.15) is 5.12 Å². The Hall–Kier alpha value is -1.51. The molecule has 7 nitrogen and oxygen atoms in total. The maximum absolute atomic E-state index is 11.2. The van der Waals surface area contributed by atoms with E-state index in [4.69, 9.17) is 5.41 Å². The number of nitrogens with zero attached hydrogens (tertiary/aromatic N) is 1. The summed E-state index contributed by atoms with van der Waals surface area (Å²) in [5.41, 5.74) is 5.63. The molecule has 0 atom stereocenters. The lowest BCUT2D eigenvalue weighted by atomic mass is 10.3. The summed E-state index contributed by atoms with van der Waals surface area (Å²) in [7, 11) is -3.19. The van der Waals surface area contributed by atoms with Crippen LogP contribution in [0.15, 0.2) is 29.2 Å². The first-order valence-electron chi connectivity index (χ1n) is 4.35. The quantitative estimate of drug-likeness (QED) is 0.716. The molecule has 0 radical (unpaired) electrons. The first-order valence-corrected chi connectivity index (χ1v) is 6.24. The smallest absolute Gasteiger partial charge is 0.324 e. The van der Waals surface area contributed by atoms with Crippen LogP contribution in [0.1, 0.15) is 0 Å². The number of nitrogens with one attached hydrogen (secondary N) is 3. The molecule has 1 saturated heterocycles. The lowest BCUT2D eigenvalue weighted by Gasteiger charge is -2.13. The van der Waals surface area contributed by atoms with Gasteiger partial charge in [0.15, 0.2) is 9.84 Å². The highest BCUT2D eigenvalue weighted by molar-refractivity contribution is 7.90. The van der Waals surface area contributed by atoms with Crippen molar-refractivity contribution in [2.24, 2.45) is 0 Å². The summed E-state index contributed by atoms with van der Waals surface area (Å²) in [5, 5.41) is 8.49. The van der Waals surface area contributed by atoms with E-state index in [9.17, 15) is 8.42 Å². The Morgan fingerprint density at radius 2 is 1.88 bits per heavy atom. The van der Waals surface area contributed by atoms with Gasteiger partial charge in [0.1, 0.15) is 0 Å². The minimum absolute atomic E-state index is 0. The molecule has 0 spiro atoms. The first kappa shape index (κ1) is 13.6. The van der Waals surface area contributed by atoms with Crippen molar-refractivity contribution in [3.8, 4) is 0 Å². The zero-order valence-corrected chi connectivity index (χ0v) is 10.4. The van der Waals surface area contributed by atoms with Crippen molar-refractivity contribution in [1.82, 2.24) is 11.0 Å². The van der Waals surface area contributed by atoms with Crippen LogP contribution in [0.25, 0.3) is 0 Å². The van der Waals surface area contributed by atoms with Crippen molar-refractivity contribution in [2.45, 2.75) is 4.90 Å². The normalized spacial score (nSPS) is 14.9. The van der Waals surface area contributed by atoms with Crippen molar-refractivity contribution in [1.29, 1.82) is 5.41 Å². The lowest BCUT2D eigenvalue weighted by molar-refractivity contribution is 0.208. The van der Waals surface area contributed by atoms with Crippen molar-refractivity contribution in [3.05, 3.63) is 24.3 Å². The molecule has 0 amide bonds. The van der Waals surface area contributed by atoms with E-state index in [-0.39, 0.29) is 23.3 Å². The van der Waals surface area contributed by atoms with Crippen LogP contribution < -0.4 is 16.1 Å². The van der Waals surface area contributed by atoms with Crippen LogP contribution in [-0.2, 0) is 14.7 Å². The molecule has 0 saturated carbocycles. The largest absolute Gasteiger partial charge is 0.348 e. The van der Waals surface area contributed by atoms with E-state index in [2.05, 4.69) is 15.9 Å². The molecular weight excluding hydrogens is 268 g/mol. The van der Waals surface area contributed by atoms with E-state index >= 15 is 0 Å². The van der Waals surface area contributed by atoms with E-state index in [1.165, 1.54) is 17.3 Å². The molecule has 0 unspecified atom stereocenters. The number of hydrogen-bond acceptors (Lipinski definition) is 6. The van der Waals surface area contributed by atoms with Gasteiger partial charge in [-0.25, -0.2) is 19.3 Å². The Bertz CT molecular complexity index is 516. The van der Waals surface area contributed by atoms with E-state index in [0.717, 1.165) is 6.26 Å². The van der Waals surface area contributed by atoms with Crippen molar-refractivity contribution < 1.29 is 13.3 Å². The fraction of sp³-hybridized carbons (Fsp3) is 0.125. The van der Waals surface area contributed by atoms with E-state index in [1.54, 1.807) is 12.1 Å². The molecule has 1 aliphatic rings. The SMILES string of the molecule is CS(=O)(=O)c1ccc(N2NOC(=N)N2)cc1.Cl. The van der Waals surface area contributed by atoms with E-state index < -0.39 is 9.84 Å². The van der Waals surface area contributed by atoms with Crippen molar-refractivity contribution in [2.75, 3.05) is 11.4 Å². The van der Waals surface area contributed by atoms with Gasteiger partial charge >= 0.3 is 6.02 Å². The van der Waals surface area contributed by atoms with Crippen molar-refractivity contribution >= 4 is 34.0 Å². The first-order chi connectivity index (χ1) is 7.47. The third kappa shape index (κ3) is 2.99. The van der Waals surface area contributed by atoms with Gasteiger partial charge in [-0.05, 0) is 29.9 Å². The number of amidine groups is 1. The Morgan fingerprint density at radius 1 is 1.29 bits per heavy atom. The molecule has 0 aliphatic carbocycles. The monoisotopic (exact) mass is 278 g/mol. The maximum Gasteiger partial charge on any atom is 0.324 e. The minimum atomic E-state index is -3.19. The molecule has 1 aromatic carbocycles. The number of rotatable bonds is 2. The molecule has 3 N–H and O–H groups in total. The third-order valence-electron chi connectivity index (χ3n) is 1.98. The second-order valence-corrected chi connectivity index (χ2v) is 5.25. The van der Waals surface area contributed by atoms with Crippen LogP contribution in [0.4, 0.5) is 5.69 Å². The maximum atomic E-state index is 11.2. The molecule has 1 fully saturated rings. The summed E-state index contributed by atoms with van der Waals surface area (Å²) in [6.07, 6.45) is 1.15. The fourth-order valence-electron chi connectivity index (χ4n) is 1.20. The molecule has 0 aromatic heterocycles. The van der Waals surface area contributed by atoms with Gasteiger partial charge in [0, 0.05) is 6.26 Å². The highest BCUT2D eigenvalue weighted by Gasteiger charge is 2.17. The number of hydrazine groups is 2. The van der Waals surface area contributed by atoms with Gasteiger partial charge in [0.25, 0.3) is 0 Å². The lowest BCUT2D eigenvalue weighted by Crippen LogP contribution is -2.38. The zero-order valence-electron chi connectivity index (χ0n) is 8.80. The van der Waals surface area contributed by atoms with Crippen LogP contribution in [0, 0.1) is 5.41 Å². The topological polar surface area (TPSA) is 94.5 Å². The van der Waals surface area contributed by atoms with Gasteiger partial charge < -0.3 is 4.84 Å². The average Bonchev–Trinajstić information content (AvgIpc) is 2.64. The predicted molar refractivity (Wildman–Crippen MR) is 64.4 cm³/mol. The van der Waals surface area contributed by atoms with Crippen LogP contribution in [0.3, 0.4) is 0 Å². The Balaban J connectivity index is 0.00000144. The van der Waals surface area contributed by atoms with Crippen LogP contribution in [0.2, 0.25) is 0 Å². The summed E-state index contributed by atoms with van der Waals surface area (Å²) in [4.78, 5) is 4.89. The second kappa shape index (κ2) is 4.78. The molecule has 1 aliphatic heterocycles. The summed E-state index contributed by atoms with van der Waals surface area (Å²) in [5.74, 6) is 0. The third-order valence-corrected chi connectivity index (χ3v) is 3.10. The van der Waals surface area contributed by atoms with Gasteiger partial charge in [-0.1, -0.05) is 0 Å². The Kier molecular flexibility index (Phi) is 3.81. The highest BCUT2D eigenvalue weighted by atomic mass is 35.5. The standard InChI is InChI=1S/C8H10N4O3S.ClH/c1-16(13,14)7-4-2-6(3-5-7)12-10-8(9)15-11-12;/h2-5,11H,1H3,(H2,9,10);1H. The highest BCUT2D eigenvalue weighted by Crippen LogP contribution is 2.16. The van der Waals surface area contributed by atoms with Crippen LogP contribution in [-0.4, -0.2) is 20.7 Å². The predicted octanol–water partition coefficient (Wildman–Crippen LogP) is 0.207. The molecule has 9 heteroatoms. The number of benzene rings is 1. The van der Waals surface area contributed by atoms with Crippen LogP contribution >= 0.6 is 12.4 Å². The number of anilines is 1. The molecular formula is C8H11ClN4O3S. The molecule has 17 heavy (non-hydrogen) atoms. The van der Waals surface area contributed by atoms with Gasteiger partial charge in [0.05, 0.1) is 10.6 Å².